The zero-order chi connectivity index (χ0) is 22.5. The maximum absolute atomic E-state index is 14.2. The van der Waals surface area contributed by atoms with E-state index in [0.29, 0.717) is 12.1 Å². The summed E-state index contributed by atoms with van der Waals surface area (Å²) in [6, 6.07) is 1.14. The quantitative estimate of drug-likeness (QED) is 0.230. The Morgan fingerprint density at radius 2 is 0.900 bits per heavy atom. The molecule has 0 atom stereocenters. The highest BCUT2D eigenvalue weighted by molar-refractivity contribution is 5.85. The van der Waals surface area contributed by atoms with E-state index in [9.17, 15) is 48.7 Å². The molecule has 3 aromatic rings. The van der Waals surface area contributed by atoms with Crippen LogP contribution in [-0.2, 0) is 0 Å². The van der Waals surface area contributed by atoms with Gasteiger partial charge in [-0.1, -0.05) is 0 Å². The summed E-state index contributed by atoms with van der Waals surface area (Å²) in [5.41, 5.74) is -6.95. The van der Waals surface area contributed by atoms with Crippen LogP contribution in [0.1, 0.15) is 10.5 Å². The molecule has 0 amide bonds. The molecule has 2 aromatic carbocycles. The number of halogens is 10. The first-order valence-electron chi connectivity index (χ1n) is 7.52. The van der Waals surface area contributed by atoms with Crippen LogP contribution < -0.4 is 0 Å². The van der Waals surface area contributed by atoms with Crippen molar-refractivity contribution in [1.82, 2.24) is 4.98 Å². The van der Waals surface area contributed by atoms with E-state index in [-0.39, 0.29) is 6.29 Å². The lowest BCUT2D eigenvalue weighted by Crippen LogP contribution is -2.09. The van der Waals surface area contributed by atoms with Crippen LogP contribution in [0.2, 0.25) is 0 Å². The van der Waals surface area contributed by atoms with E-state index in [0.717, 1.165) is 0 Å². The summed E-state index contributed by atoms with van der Waals surface area (Å²) in [4.78, 5) is 14.2. The molecular weight excluding hydrogens is 436 g/mol. The highest BCUT2D eigenvalue weighted by Gasteiger charge is 2.33. The molecule has 0 fully saturated rings. The van der Waals surface area contributed by atoms with Gasteiger partial charge < -0.3 is 0 Å². The maximum atomic E-state index is 14.2. The Hall–Kier alpha value is -3.44. The fourth-order valence-corrected chi connectivity index (χ4v) is 2.59. The Kier molecular flexibility index (Phi) is 5.27. The number of pyridine rings is 1. The van der Waals surface area contributed by atoms with E-state index in [2.05, 4.69) is 4.98 Å². The van der Waals surface area contributed by atoms with Gasteiger partial charge in [0.15, 0.2) is 52.8 Å². The average Bonchev–Trinajstić information content (AvgIpc) is 2.74. The Morgan fingerprint density at radius 3 is 1.30 bits per heavy atom. The second-order valence-electron chi connectivity index (χ2n) is 5.64. The van der Waals surface area contributed by atoms with Crippen molar-refractivity contribution in [3.63, 3.8) is 0 Å². The summed E-state index contributed by atoms with van der Waals surface area (Å²) < 4.78 is 138. The Bertz CT molecular complexity index is 1170. The molecule has 0 radical (unpaired) electrons. The predicted octanol–water partition coefficient (Wildman–Crippen LogP) is 5.62. The van der Waals surface area contributed by atoms with Crippen LogP contribution >= 0.6 is 0 Å². The average molecular weight is 439 g/mol. The second kappa shape index (κ2) is 7.43. The van der Waals surface area contributed by atoms with E-state index in [4.69, 9.17) is 0 Å². The van der Waals surface area contributed by atoms with Crippen LogP contribution in [0.4, 0.5) is 43.9 Å². The second-order valence-corrected chi connectivity index (χ2v) is 5.64. The van der Waals surface area contributed by atoms with E-state index in [1.54, 1.807) is 0 Å². The highest BCUT2D eigenvalue weighted by Crippen LogP contribution is 2.40. The fourth-order valence-electron chi connectivity index (χ4n) is 2.59. The van der Waals surface area contributed by atoms with Crippen LogP contribution in [0.15, 0.2) is 12.1 Å². The van der Waals surface area contributed by atoms with Gasteiger partial charge in [0, 0.05) is 5.56 Å². The van der Waals surface area contributed by atoms with E-state index < -0.39 is 86.3 Å². The first kappa shape index (κ1) is 21.3. The van der Waals surface area contributed by atoms with Crippen molar-refractivity contribution < 1.29 is 48.7 Å². The molecule has 0 saturated carbocycles. The van der Waals surface area contributed by atoms with Crippen molar-refractivity contribution in [3.05, 3.63) is 76.0 Å². The van der Waals surface area contributed by atoms with Crippen LogP contribution in [0, 0.1) is 58.2 Å². The molecule has 1 heterocycles. The summed E-state index contributed by atoms with van der Waals surface area (Å²) >= 11 is 0. The highest BCUT2D eigenvalue weighted by atomic mass is 19.2. The summed E-state index contributed by atoms with van der Waals surface area (Å²) in [7, 11) is 0. The van der Waals surface area contributed by atoms with Gasteiger partial charge in [0.1, 0.15) is 5.69 Å². The third kappa shape index (κ3) is 2.99. The Labute approximate surface area is 159 Å². The minimum atomic E-state index is -2.57. The maximum Gasteiger partial charge on any atom is 0.200 e. The molecule has 0 spiro atoms. The molecule has 2 nitrogen and oxygen atoms in total. The zero-order valence-corrected chi connectivity index (χ0v) is 13.9. The number of hydrogen-bond acceptors (Lipinski definition) is 2. The third-order valence-corrected chi connectivity index (χ3v) is 3.96. The van der Waals surface area contributed by atoms with Gasteiger partial charge in [0.25, 0.3) is 0 Å². The molecule has 0 aliphatic rings. The molecule has 12 heteroatoms. The van der Waals surface area contributed by atoms with Crippen molar-refractivity contribution in [2.75, 3.05) is 0 Å². The number of aldehydes is 1. The lowest BCUT2D eigenvalue weighted by molar-refractivity contribution is 0.111. The molecule has 0 N–H and O–H groups in total. The number of rotatable bonds is 3. The number of hydrogen-bond donors (Lipinski definition) is 0. The zero-order valence-electron chi connectivity index (χ0n) is 13.9. The molecule has 0 bridgehead atoms. The first-order valence-corrected chi connectivity index (χ1v) is 7.52. The first-order chi connectivity index (χ1) is 14.0. The number of benzene rings is 2. The van der Waals surface area contributed by atoms with Gasteiger partial charge in [0.2, 0.25) is 11.6 Å². The number of aromatic nitrogens is 1. The molecule has 0 unspecified atom stereocenters. The van der Waals surface area contributed by atoms with E-state index in [1.165, 1.54) is 0 Å². The number of nitrogens with zero attached hydrogens (tertiary/aromatic N) is 1. The molecule has 0 aliphatic heterocycles. The molecule has 0 saturated heterocycles. The van der Waals surface area contributed by atoms with Crippen LogP contribution in [0.3, 0.4) is 0 Å². The third-order valence-electron chi connectivity index (χ3n) is 3.96. The largest absolute Gasteiger partial charge is 0.296 e. The lowest BCUT2D eigenvalue weighted by Gasteiger charge is -2.15. The summed E-state index contributed by atoms with van der Waals surface area (Å²) in [6.07, 6.45) is -0.0577. The van der Waals surface area contributed by atoms with Crippen molar-refractivity contribution in [3.8, 4) is 22.4 Å². The topological polar surface area (TPSA) is 30.0 Å². The Morgan fingerprint density at radius 1 is 0.533 bits per heavy atom. The van der Waals surface area contributed by atoms with Gasteiger partial charge in [-0.2, -0.15) is 0 Å². The van der Waals surface area contributed by atoms with Crippen LogP contribution in [0.25, 0.3) is 22.4 Å². The van der Waals surface area contributed by atoms with Gasteiger partial charge in [-0.15, -0.1) is 0 Å². The smallest absolute Gasteiger partial charge is 0.200 e. The summed E-state index contributed by atoms with van der Waals surface area (Å²) in [6.45, 7) is 0. The lowest BCUT2D eigenvalue weighted by atomic mass is 9.96. The molecule has 156 valence electrons. The van der Waals surface area contributed by atoms with Gasteiger partial charge in [-0.05, 0) is 12.1 Å². The van der Waals surface area contributed by atoms with Crippen molar-refractivity contribution >= 4 is 6.29 Å². The standard InChI is InChI=1S/C18H3F10NO/c19-8-6(9(20)13(24)16(27)12(8)23)5-2-1-4(3-30)29-18(5)7-10(21)14(25)17(28)15(26)11(7)22/h1-3H. The van der Waals surface area contributed by atoms with Crippen molar-refractivity contribution in [2.45, 2.75) is 0 Å². The minimum absolute atomic E-state index is 0.0577. The van der Waals surface area contributed by atoms with Gasteiger partial charge in [-0.25, -0.2) is 48.9 Å². The summed E-state index contributed by atoms with van der Waals surface area (Å²) in [5.74, 6) is -24.9. The fraction of sp³-hybridized carbons (Fsp3) is 0. The summed E-state index contributed by atoms with van der Waals surface area (Å²) in [5, 5.41) is 0. The molecule has 0 aliphatic carbocycles. The van der Waals surface area contributed by atoms with Crippen molar-refractivity contribution in [1.29, 1.82) is 0 Å². The van der Waals surface area contributed by atoms with Crippen LogP contribution in [-0.4, -0.2) is 11.3 Å². The predicted molar refractivity (Wildman–Crippen MR) is 80.1 cm³/mol. The Balaban J connectivity index is 2.52. The minimum Gasteiger partial charge on any atom is -0.296 e. The normalized spacial score (nSPS) is 11.1. The number of carbonyl (C=O) groups is 1. The molecule has 3 rings (SSSR count). The number of carbonyl (C=O) groups excluding carboxylic acids is 1. The van der Waals surface area contributed by atoms with Gasteiger partial charge >= 0.3 is 0 Å². The van der Waals surface area contributed by atoms with E-state index in [1.807, 2.05) is 0 Å². The SMILES string of the molecule is O=Cc1ccc(-c2c(F)c(F)c(F)c(F)c2F)c(-c2c(F)c(F)c(F)c(F)c2F)n1. The van der Waals surface area contributed by atoms with E-state index >= 15 is 0 Å². The molecular formula is C18H3F10NO. The molecule has 30 heavy (non-hydrogen) atoms. The van der Waals surface area contributed by atoms with Gasteiger partial charge in [-0.3, -0.25) is 4.79 Å². The molecule has 1 aromatic heterocycles. The van der Waals surface area contributed by atoms with Gasteiger partial charge in [0.05, 0.1) is 16.8 Å². The van der Waals surface area contributed by atoms with Crippen molar-refractivity contribution in [2.24, 2.45) is 0 Å². The van der Waals surface area contributed by atoms with Crippen LogP contribution in [0.5, 0.6) is 0 Å². The monoisotopic (exact) mass is 439 g/mol.